The molecule has 0 aliphatic heterocycles. The number of aliphatic hydroxyl groups excluding tert-OH is 1. The van der Waals surface area contributed by atoms with Gasteiger partial charge in [0.25, 0.3) is 0 Å². The number of pyridine rings is 1. The average molecular weight is 479 g/mol. The summed E-state index contributed by atoms with van der Waals surface area (Å²) in [6.07, 6.45) is -0.727. The average Bonchev–Trinajstić information content (AvgIpc) is 3.37. The molecule has 0 saturated carbocycles. The number of thioether (sulfide) groups is 1. The molecule has 7 heteroatoms. The van der Waals surface area contributed by atoms with Crippen LogP contribution in [0.2, 0.25) is 5.02 Å². The molecule has 4 nitrogen and oxygen atoms in total. The highest BCUT2D eigenvalue weighted by Crippen LogP contribution is 2.35. The summed E-state index contributed by atoms with van der Waals surface area (Å²) in [7, 11) is 0. The van der Waals surface area contributed by atoms with Crippen LogP contribution in [-0.4, -0.2) is 28.6 Å². The monoisotopic (exact) mass is 478 g/mol. The summed E-state index contributed by atoms with van der Waals surface area (Å²) in [5.41, 5.74) is 3.11. The summed E-state index contributed by atoms with van der Waals surface area (Å²) in [4.78, 5) is 5.78. The highest BCUT2D eigenvalue weighted by molar-refractivity contribution is 7.99. The van der Waals surface area contributed by atoms with Gasteiger partial charge < -0.3 is 9.84 Å². The smallest absolute Gasteiger partial charge is 0.119 e. The van der Waals surface area contributed by atoms with Crippen LogP contribution in [0.4, 0.5) is 0 Å². The third-order valence-electron chi connectivity index (χ3n) is 4.62. The van der Waals surface area contributed by atoms with E-state index in [1.807, 2.05) is 53.9 Å². The number of rotatable bonds is 8. The van der Waals surface area contributed by atoms with Crippen LogP contribution < -0.4 is 4.74 Å². The van der Waals surface area contributed by atoms with Crippen molar-refractivity contribution in [2.75, 3.05) is 12.4 Å². The summed E-state index contributed by atoms with van der Waals surface area (Å²) in [6, 6.07) is 25.1. The molecular weight excluding hydrogens is 460 g/mol. The molecule has 160 valence electrons. The zero-order valence-corrected chi connectivity index (χ0v) is 19.3. The van der Waals surface area contributed by atoms with E-state index in [2.05, 4.69) is 6.07 Å². The molecule has 0 amide bonds. The Morgan fingerprint density at radius 1 is 1.09 bits per heavy atom. The maximum Gasteiger partial charge on any atom is 0.119 e. The SMILES string of the molecule is N#Cc1c(-c2ccccc2)cc(-c2cccs2)nc1SC[C@@H](O)COc1ccc(Cl)cc1. The van der Waals surface area contributed by atoms with Crippen LogP contribution in [0.5, 0.6) is 5.75 Å². The van der Waals surface area contributed by atoms with Gasteiger partial charge in [0.2, 0.25) is 0 Å². The minimum absolute atomic E-state index is 0.132. The van der Waals surface area contributed by atoms with E-state index in [0.29, 0.717) is 27.1 Å². The van der Waals surface area contributed by atoms with E-state index in [9.17, 15) is 10.4 Å². The van der Waals surface area contributed by atoms with Crippen molar-refractivity contribution in [3.63, 3.8) is 0 Å². The van der Waals surface area contributed by atoms with Crippen molar-refractivity contribution in [1.82, 2.24) is 4.98 Å². The van der Waals surface area contributed by atoms with Gasteiger partial charge >= 0.3 is 0 Å². The molecule has 0 aliphatic rings. The van der Waals surface area contributed by atoms with Gasteiger partial charge in [-0.25, -0.2) is 4.98 Å². The van der Waals surface area contributed by atoms with Gasteiger partial charge in [-0.1, -0.05) is 48.0 Å². The zero-order valence-electron chi connectivity index (χ0n) is 16.9. The summed E-state index contributed by atoms with van der Waals surface area (Å²) >= 11 is 8.84. The number of nitriles is 1. The van der Waals surface area contributed by atoms with Crippen LogP contribution in [0.1, 0.15) is 5.56 Å². The first kappa shape index (κ1) is 22.4. The summed E-state index contributed by atoms with van der Waals surface area (Å²) in [6.45, 7) is 0.132. The van der Waals surface area contributed by atoms with E-state index in [-0.39, 0.29) is 6.61 Å². The van der Waals surface area contributed by atoms with E-state index in [0.717, 1.165) is 21.7 Å². The van der Waals surface area contributed by atoms with E-state index < -0.39 is 6.10 Å². The molecule has 0 bridgehead atoms. The lowest BCUT2D eigenvalue weighted by Crippen LogP contribution is -2.20. The van der Waals surface area contributed by atoms with Gasteiger partial charge in [0.15, 0.2) is 0 Å². The molecule has 2 aromatic heterocycles. The normalized spacial score (nSPS) is 11.7. The number of thiophene rings is 1. The van der Waals surface area contributed by atoms with Crippen molar-refractivity contribution in [1.29, 1.82) is 5.26 Å². The summed E-state index contributed by atoms with van der Waals surface area (Å²) in [5.74, 6) is 0.984. The van der Waals surface area contributed by atoms with Crippen LogP contribution in [0, 0.1) is 11.3 Å². The minimum Gasteiger partial charge on any atom is -0.491 e. The Balaban J connectivity index is 1.56. The number of nitrogens with zero attached hydrogens (tertiary/aromatic N) is 2. The molecule has 1 atom stereocenters. The van der Waals surface area contributed by atoms with Crippen LogP contribution in [0.15, 0.2) is 83.2 Å². The van der Waals surface area contributed by atoms with Crippen molar-refractivity contribution in [3.05, 3.63) is 88.8 Å². The van der Waals surface area contributed by atoms with Crippen molar-refractivity contribution in [2.24, 2.45) is 0 Å². The molecule has 4 rings (SSSR count). The number of hydrogen-bond acceptors (Lipinski definition) is 6. The summed E-state index contributed by atoms with van der Waals surface area (Å²) in [5, 5.41) is 23.6. The highest BCUT2D eigenvalue weighted by Gasteiger charge is 2.17. The first-order valence-electron chi connectivity index (χ1n) is 9.87. The standard InChI is InChI=1S/C25H19ClN2O2S2/c26-18-8-10-20(11-9-18)30-15-19(29)16-32-25-22(14-27)21(17-5-2-1-3-6-17)13-23(28-25)24-7-4-12-31-24/h1-13,19,29H,15-16H2/t19-/m0/s1. The van der Waals surface area contributed by atoms with Crippen molar-refractivity contribution in [2.45, 2.75) is 11.1 Å². The van der Waals surface area contributed by atoms with Gasteiger partial charge in [0.05, 0.1) is 22.2 Å². The van der Waals surface area contributed by atoms with Crippen molar-refractivity contribution in [3.8, 4) is 33.5 Å². The quantitative estimate of drug-likeness (QED) is 0.291. The van der Waals surface area contributed by atoms with Gasteiger partial charge in [-0.3, -0.25) is 0 Å². The first-order chi connectivity index (χ1) is 15.6. The van der Waals surface area contributed by atoms with Gasteiger partial charge in [-0.05, 0) is 47.3 Å². The third-order valence-corrected chi connectivity index (χ3v) is 6.89. The molecular formula is C25H19ClN2O2S2. The number of aliphatic hydroxyl groups is 1. The Bertz CT molecular complexity index is 1210. The molecule has 2 aromatic carbocycles. The lowest BCUT2D eigenvalue weighted by Gasteiger charge is -2.14. The Hall–Kier alpha value is -2.82. The van der Waals surface area contributed by atoms with E-state index in [4.69, 9.17) is 21.3 Å². The molecule has 0 spiro atoms. The topological polar surface area (TPSA) is 66.1 Å². The van der Waals surface area contributed by atoms with Gasteiger partial charge in [-0.15, -0.1) is 23.1 Å². The fraction of sp³-hybridized carbons (Fsp3) is 0.120. The maximum atomic E-state index is 10.4. The molecule has 0 radical (unpaired) electrons. The second kappa shape index (κ2) is 10.7. The molecule has 0 unspecified atom stereocenters. The predicted molar refractivity (Wildman–Crippen MR) is 131 cm³/mol. The van der Waals surface area contributed by atoms with Crippen molar-refractivity contribution >= 4 is 34.7 Å². The molecule has 32 heavy (non-hydrogen) atoms. The number of aromatic nitrogens is 1. The van der Waals surface area contributed by atoms with Gasteiger partial charge in [0.1, 0.15) is 23.5 Å². The Labute approximate surface area is 200 Å². The molecule has 0 saturated heterocycles. The zero-order chi connectivity index (χ0) is 22.3. The van der Waals surface area contributed by atoms with Crippen LogP contribution in [-0.2, 0) is 0 Å². The number of hydrogen-bond donors (Lipinski definition) is 1. The first-order valence-corrected chi connectivity index (χ1v) is 12.1. The van der Waals surface area contributed by atoms with Gasteiger partial charge in [-0.2, -0.15) is 5.26 Å². The minimum atomic E-state index is -0.727. The largest absolute Gasteiger partial charge is 0.491 e. The number of halogens is 1. The molecule has 1 N–H and O–H groups in total. The fourth-order valence-corrected chi connectivity index (χ4v) is 4.80. The van der Waals surface area contributed by atoms with Crippen molar-refractivity contribution < 1.29 is 9.84 Å². The molecule has 2 heterocycles. The van der Waals surface area contributed by atoms with Crippen LogP contribution in [0.25, 0.3) is 21.7 Å². The molecule has 0 fully saturated rings. The molecule has 4 aromatic rings. The molecule has 0 aliphatic carbocycles. The highest BCUT2D eigenvalue weighted by atomic mass is 35.5. The van der Waals surface area contributed by atoms with Gasteiger partial charge in [0, 0.05) is 16.3 Å². The maximum absolute atomic E-state index is 10.4. The van der Waals surface area contributed by atoms with Crippen LogP contribution >= 0.6 is 34.7 Å². The second-order valence-corrected chi connectivity index (χ2v) is 9.31. The Morgan fingerprint density at radius 3 is 2.56 bits per heavy atom. The van der Waals surface area contributed by atoms with E-state index >= 15 is 0 Å². The fourth-order valence-electron chi connectivity index (χ4n) is 3.08. The predicted octanol–water partition coefficient (Wildman–Crippen LogP) is 6.53. The lowest BCUT2D eigenvalue weighted by atomic mass is 10.0. The summed E-state index contributed by atoms with van der Waals surface area (Å²) < 4.78 is 5.64. The lowest BCUT2D eigenvalue weighted by molar-refractivity contribution is 0.126. The van der Waals surface area contributed by atoms with E-state index in [1.54, 1.807) is 35.6 Å². The Kier molecular flexibility index (Phi) is 7.46. The van der Waals surface area contributed by atoms with E-state index in [1.165, 1.54) is 11.8 Å². The number of benzene rings is 2. The third kappa shape index (κ3) is 5.50. The van der Waals surface area contributed by atoms with Crippen LogP contribution in [0.3, 0.4) is 0 Å². The second-order valence-electron chi connectivity index (χ2n) is 6.92. The number of ether oxygens (including phenoxy) is 1. The Morgan fingerprint density at radius 2 is 1.88 bits per heavy atom.